The molecule has 0 unspecified atom stereocenters. The highest BCUT2D eigenvalue weighted by atomic mass is 16.3. The van der Waals surface area contributed by atoms with Gasteiger partial charge in [-0.3, -0.25) is 0 Å². The summed E-state index contributed by atoms with van der Waals surface area (Å²) >= 11 is 0. The third-order valence-electron chi connectivity index (χ3n) is 1.43. The minimum Gasteiger partial charge on any atom is -0.506 e. The number of phenols is 1. The first-order valence-corrected chi connectivity index (χ1v) is 3.70. The van der Waals surface area contributed by atoms with Crippen molar-refractivity contribution in [2.75, 3.05) is 0 Å². The lowest BCUT2D eigenvalue weighted by atomic mass is 10.2. The van der Waals surface area contributed by atoms with Crippen LogP contribution in [0.4, 0.5) is 5.69 Å². The average molecular weight is 164 g/mol. The zero-order valence-electron chi connectivity index (χ0n) is 7.20. The van der Waals surface area contributed by atoms with E-state index in [1.54, 1.807) is 19.1 Å². The molecule has 0 atom stereocenters. The van der Waals surface area contributed by atoms with Crippen molar-refractivity contribution in [2.24, 2.45) is 10.7 Å². The van der Waals surface area contributed by atoms with Crippen LogP contribution >= 0.6 is 0 Å². The van der Waals surface area contributed by atoms with Crippen molar-refractivity contribution in [3.8, 4) is 5.75 Å². The summed E-state index contributed by atoms with van der Waals surface area (Å²) in [6.45, 7) is 3.59. The Kier molecular flexibility index (Phi) is 2.33. The number of amidine groups is 1. The normalized spacial score (nSPS) is 11.7. The van der Waals surface area contributed by atoms with E-state index in [9.17, 15) is 5.11 Å². The summed E-state index contributed by atoms with van der Waals surface area (Å²) in [6, 6.07) is 5.27. The summed E-state index contributed by atoms with van der Waals surface area (Å²) in [5.74, 6) is 0.606. The van der Waals surface area contributed by atoms with E-state index in [1.165, 1.54) is 0 Å². The quantitative estimate of drug-likeness (QED) is 0.490. The van der Waals surface area contributed by atoms with Gasteiger partial charge in [-0.1, -0.05) is 6.07 Å². The second kappa shape index (κ2) is 3.26. The second-order valence-corrected chi connectivity index (χ2v) is 2.75. The van der Waals surface area contributed by atoms with E-state index in [1.807, 2.05) is 13.0 Å². The summed E-state index contributed by atoms with van der Waals surface area (Å²) in [5, 5.41) is 9.38. The lowest BCUT2D eigenvalue weighted by Gasteiger charge is -1.99. The van der Waals surface area contributed by atoms with Gasteiger partial charge in [0.15, 0.2) is 0 Å². The van der Waals surface area contributed by atoms with Crippen LogP contribution in [0.3, 0.4) is 0 Å². The molecule has 0 aliphatic rings. The molecule has 3 N–H and O–H groups in total. The topological polar surface area (TPSA) is 58.6 Å². The van der Waals surface area contributed by atoms with Crippen molar-refractivity contribution < 1.29 is 5.11 Å². The molecule has 0 saturated carbocycles. The Bertz CT molecular complexity index is 314. The van der Waals surface area contributed by atoms with Gasteiger partial charge >= 0.3 is 0 Å². The summed E-state index contributed by atoms with van der Waals surface area (Å²) in [7, 11) is 0. The number of hydrogen-bond donors (Lipinski definition) is 2. The summed E-state index contributed by atoms with van der Waals surface area (Å²) < 4.78 is 0. The van der Waals surface area contributed by atoms with Crippen LogP contribution in [-0.4, -0.2) is 10.9 Å². The highest BCUT2D eigenvalue weighted by Crippen LogP contribution is 2.26. The van der Waals surface area contributed by atoms with E-state index >= 15 is 0 Å². The number of nitrogens with two attached hydrogens (primary N) is 1. The van der Waals surface area contributed by atoms with E-state index in [-0.39, 0.29) is 5.75 Å². The lowest BCUT2D eigenvalue weighted by molar-refractivity contribution is 0.476. The van der Waals surface area contributed by atoms with Crippen molar-refractivity contribution in [2.45, 2.75) is 13.8 Å². The summed E-state index contributed by atoms with van der Waals surface area (Å²) in [5.41, 5.74) is 6.89. The Morgan fingerprint density at radius 2 is 2.17 bits per heavy atom. The Hall–Kier alpha value is -1.51. The van der Waals surface area contributed by atoms with Crippen LogP contribution < -0.4 is 5.73 Å². The smallest absolute Gasteiger partial charge is 0.141 e. The van der Waals surface area contributed by atoms with E-state index < -0.39 is 0 Å². The molecule has 1 aromatic carbocycles. The first-order chi connectivity index (χ1) is 5.59. The van der Waals surface area contributed by atoms with Gasteiger partial charge in [0.05, 0.1) is 5.84 Å². The molecule has 0 amide bonds. The molecule has 1 aromatic rings. The number of aromatic hydroxyl groups is 1. The van der Waals surface area contributed by atoms with Crippen LogP contribution in [0, 0.1) is 6.92 Å². The molecule has 0 saturated heterocycles. The Morgan fingerprint density at radius 3 is 2.67 bits per heavy atom. The number of rotatable bonds is 1. The highest BCUT2D eigenvalue weighted by molar-refractivity contribution is 5.81. The maximum absolute atomic E-state index is 9.38. The van der Waals surface area contributed by atoms with Gasteiger partial charge in [-0.2, -0.15) is 0 Å². The predicted octanol–water partition coefficient (Wildman–Crippen LogP) is 1.71. The van der Waals surface area contributed by atoms with E-state index in [4.69, 9.17) is 5.73 Å². The molecule has 0 aromatic heterocycles. The lowest BCUT2D eigenvalue weighted by Crippen LogP contribution is -2.03. The average Bonchev–Trinajstić information content (AvgIpc) is 1.94. The Morgan fingerprint density at radius 1 is 1.50 bits per heavy atom. The van der Waals surface area contributed by atoms with E-state index in [2.05, 4.69) is 4.99 Å². The molecular weight excluding hydrogens is 152 g/mol. The minimum atomic E-state index is 0.166. The molecular formula is C9H12N2O. The van der Waals surface area contributed by atoms with Crippen molar-refractivity contribution in [3.63, 3.8) is 0 Å². The number of nitrogens with zero attached hydrogens (tertiary/aromatic N) is 1. The van der Waals surface area contributed by atoms with Gasteiger partial charge in [0.2, 0.25) is 0 Å². The SMILES string of the molecule is CC(N)=Nc1ccc(C)cc1O. The summed E-state index contributed by atoms with van der Waals surface area (Å²) in [4.78, 5) is 3.94. The van der Waals surface area contributed by atoms with Crippen LogP contribution in [0.25, 0.3) is 0 Å². The van der Waals surface area contributed by atoms with E-state index in [0.717, 1.165) is 5.56 Å². The molecule has 0 aliphatic carbocycles. The first-order valence-electron chi connectivity index (χ1n) is 3.70. The largest absolute Gasteiger partial charge is 0.506 e. The molecule has 0 aliphatic heterocycles. The molecule has 0 bridgehead atoms. The van der Waals surface area contributed by atoms with Gasteiger partial charge in [0.25, 0.3) is 0 Å². The Labute approximate surface area is 71.6 Å². The van der Waals surface area contributed by atoms with Crippen LogP contribution in [0.2, 0.25) is 0 Å². The number of phenolic OH excluding ortho intramolecular Hbond substituents is 1. The second-order valence-electron chi connectivity index (χ2n) is 2.75. The van der Waals surface area contributed by atoms with Gasteiger partial charge in [0, 0.05) is 0 Å². The van der Waals surface area contributed by atoms with Crippen molar-refractivity contribution >= 4 is 11.5 Å². The monoisotopic (exact) mass is 164 g/mol. The molecule has 0 radical (unpaired) electrons. The maximum Gasteiger partial charge on any atom is 0.141 e. The van der Waals surface area contributed by atoms with Gasteiger partial charge < -0.3 is 10.8 Å². The minimum absolute atomic E-state index is 0.166. The van der Waals surface area contributed by atoms with Crippen molar-refractivity contribution in [1.82, 2.24) is 0 Å². The third-order valence-corrected chi connectivity index (χ3v) is 1.43. The molecule has 3 heteroatoms. The van der Waals surface area contributed by atoms with Crippen molar-refractivity contribution in [3.05, 3.63) is 23.8 Å². The molecule has 0 spiro atoms. The van der Waals surface area contributed by atoms with Gasteiger partial charge in [0.1, 0.15) is 11.4 Å². The number of benzene rings is 1. The zero-order chi connectivity index (χ0) is 9.14. The molecule has 0 fully saturated rings. The van der Waals surface area contributed by atoms with E-state index in [0.29, 0.717) is 11.5 Å². The fourth-order valence-electron chi connectivity index (χ4n) is 0.918. The van der Waals surface area contributed by atoms with Crippen LogP contribution in [-0.2, 0) is 0 Å². The molecule has 64 valence electrons. The van der Waals surface area contributed by atoms with Crippen LogP contribution in [0.1, 0.15) is 12.5 Å². The zero-order valence-corrected chi connectivity index (χ0v) is 7.20. The fraction of sp³-hybridized carbons (Fsp3) is 0.222. The molecule has 3 nitrogen and oxygen atoms in total. The van der Waals surface area contributed by atoms with Crippen LogP contribution in [0.15, 0.2) is 23.2 Å². The fourth-order valence-corrected chi connectivity index (χ4v) is 0.918. The molecule has 0 heterocycles. The molecule has 1 rings (SSSR count). The van der Waals surface area contributed by atoms with Crippen LogP contribution in [0.5, 0.6) is 5.75 Å². The summed E-state index contributed by atoms with van der Waals surface area (Å²) in [6.07, 6.45) is 0. The standard InChI is InChI=1S/C9H12N2O/c1-6-3-4-8(9(12)5-6)11-7(2)10/h3-5,12H,1-2H3,(H2,10,11). The number of aryl methyl sites for hydroxylation is 1. The number of aliphatic imine (C=N–C) groups is 1. The molecule has 12 heavy (non-hydrogen) atoms. The third kappa shape index (κ3) is 1.99. The predicted molar refractivity (Wildman–Crippen MR) is 49.8 cm³/mol. The Balaban J connectivity index is 3.10. The van der Waals surface area contributed by atoms with Gasteiger partial charge in [-0.25, -0.2) is 4.99 Å². The highest BCUT2D eigenvalue weighted by Gasteiger charge is 1.97. The van der Waals surface area contributed by atoms with Gasteiger partial charge in [-0.05, 0) is 31.5 Å². The van der Waals surface area contributed by atoms with Gasteiger partial charge in [-0.15, -0.1) is 0 Å². The van der Waals surface area contributed by atoms with Crippen molar-refractivity contribution in [1.29, 1.82) is 0 Å². The first kappa shape index (κ1) is 8.59. The maximum atomic E-state index is 9.38. The number of hydrogen-bond acceptors (Lipinski definition) is 2.